The molecule has 1 unspecified atom stereocenters. The highest BCUT2D eigenvalue weighted by Gasteiger charge is 2.42. The smallest absolute Gasteiger partial charge is 0.393 e. The molecule has 1 atom stereocenters. The number of benzene rings is 1. The van der Waals surface area contributed by atoms with E-state index < -0.39 is 30.6 Å². The Balaban J connectivity index is 1.62. The lowest BCUT2D eigenvalue weighted by molar-refractivity contribution is -0.188. The highest BCUT2D eigenvalue weighted by molar-refractivity contribution is 9.10. The van der Waals surface area contributed by atoms with Crippen molar-refractivity contribution in [2.75, 3.05) is 19.7 Å². The standard InChI is InChI=1S/C17H16BrF3N2O3/c18-11-3-4-14-12(6-11)13(7-22-14)16(25)26-9-15(24)23-5-1-2-10(8-23)17(19,20)21/h3-4,6-7,10,22H,1-2,5,8-9H2. The number of aromatic amines is 1. The normalized spacial score (nSPS) is 18.2. The maximum Gasteiger partial charge on any atom is 0.393 e. The third-order valence-electron chi connectivity index (χ3n) is 4.43. The van der Waals surface area contributed by atoms with E-state index in [2.05, 4.69) is 20.9 Å². The second-order valence-corrected chi connectivity index (χ2v) is 7.10. The van der Waals surface area contributed by atoms with Crippen LogP contribution in [-0.2, 0) is 9.53 Å². The molecule has 0 aliphatic carbocycles. The molecule has 1 fully saturated rings. The summed E-state index contributed by atoms with van der Waals surface area (Å²) in [5, 5.41) is 0.631. The number of ether oxygens (including phenoxy) is 1. The first-order valence-electron chi connectivity index (χ1n) is 8.04. The van der Waals surface area contributed by atoms with Crippen LogP contribution < -0.4 is 0 Å². The Hall–Kier alpha value is -2.03. The highest BCUT2D eigenvalue weighted by Crippen LogP contribution is 2.33. The number of piperidine rings is 1. The molecule has 0 bridgehead atoms. The van der Waals surface area contributed by atoms with Crippen molar-refractivity contribution in [1.29, 1.82) is 0 Å². The Morgan fingerprint density at radius 3 is 2.85 bits per heavy atom. The van der Waals surface area contributed by atoms with E-state index in [9.17, 15) is 22.8 Å². The average molecular weight is 433 g/mol. The third kappa shape index (κ3) is 4.03. The van der Waals surface area contributed by atoms with Crippen LogP contribution in [0.1, 0.15) is 23.2 Å². The summed E-state index contributed by atoms with van der Waals surface area (Å²) in [5.41, 5.74) is 0.997. The van der Waals surface area contributed by atoms with E-state index in [1.54, 1.807) is 12.1 Å². The number of likely N-dealkylation sites (tertiary alicyclic amines) is 1. The van der Waals surface area contributed by atoms with Gasteiger partial charge in [-0.2, -0.15) is 13.2 Å². The number of esters is 1. The van der Waals surface area contributed by atoms with Gasteiger partial charge < -0.3 is 14.6 Å². The Kier molecular flexibility index (Phi) is 5.27. The SMILES string of the molecule is O=C(OCC(=O)N1CCCC(C(F)(F)F)C1)c1c[nH]c2ccc(Br)cc12. The molecule has 0 spiro atoms. The molecule has 3 rings (SSSR count). The number of halogens is 4. The Morgan fingerprint density at radius 1 is 1.35 bits per heavy atom. The van der Waals surface area contributed by atoms with Gasteiger partial charge in [-0.25, -0.2) is 4.79 Å². The molecule has 1 N–H and O–H groups in total. The Morgan fingerprint density at radius 2 is 2.12 bits per heavy atom. The molecule has 0 radical (unpaired) electrons. The number of nitrogens with zero attached hydrogens (tertiary/aromatic N) is 1. The van der Waals surface area contributed by atoms with Crippen molar-refractivity contribution in [2.45, 2.75) is 19.0 Å². The Labute approximate surface area is 155 Å². The molecule has 1 saturated heterocycles. The summed E-state index contributed by atoms with van der Waals surface area (Å²) in [5.74, 6) is -2.85. The van der Waals surface area contributed by atoms with Gasteiger partial charge in [0.2, 0.25) is 0 Å². The first-order chi connectivity index (χ1) is 12.3. The number of rotatable bonds is 3. The van der Waals surface area contributed by atoms with Crippen molar-refractivity contribution < 1.29 is 27.5 Å². The van der Waals surface area contributed by atoms with Crippen molar-refractivity contribution in [2.24, 2.45) is 5.92 Å². The number of amides is 1. The number of carbonyl (C=O) groups excluding carboxylic acids is 2. The zero-order valence-corrected chi connectivity index (χ0v) is 15.2. The van der Waals surface area contributed by atoms with Gasteiger partial charge in [0.25, 0.3) is 5.91 Å². The molecular formula is C17H16BrF3N2O3. The van der Waals surface area contributed by atoms with Crippen LogP contribution in [-0.4, -0.2) is 47.6 Å². The number of alkyl halides is 3. The van der Waals surface area contributed by atoms with Crippen LogP contribution >= 0.6 is 15.9 Å². The fourth-order valence-corrected chi connectivity index (χ4v) is 3.39. The minimum atomic E-state index is -4.33. The lowest BCUT2D eigenvalue weighted by Crippen LogP contribution is -2.46. The second-order valence-electron chi connectivity index (χ2n) is 6.19. The van der Waals surface area contributed by atoms with Gasteiger partial charge in [-0.1, -0.05) is 15.9 Å². The van der Waals surface area contributed by atoms with Crippen LogP contribution in [0.2, 0.25) is 0 Å². The number of carbonyl (C=O) groups is 2. The van der Waals surface area contributed by atoms with Crippen molar-refractivity contribution in [3.8, 4) is 0 Å². The first kappa shape index (κ1) is 18.8. The van der Waals surface area contributed by atoms with Crippen LogP contribution in [0.15, 0.2) is 28.9 Å². The number of hydrogen-bond acceptors (Lipinski definition) is 3. The lowest BCUT2D eigenvalue weighted by atomic mass is 9.97. The van der Waals surface area contributed by atoms with Gasteiger partial charge in [0.05, 0.1) is 11.5 Å². The summed E-state index contributed by atoms with van der Waals surface area (Å²) in [4.78, 5) is 28.4. The zero-order valence-electron chi connectivity index (χ0n) is 13.6. The van der Waals surface area contributed by atoms with E-state index >= 15 is 0 Å². The largest absolute Gasteiger partial charge is 0.452 e. The lowest BCUT2D eigenvalue weighted by Gasteiger charge is -2.33. The fraction of sp³-hybridized carbons (Fsp3) is 0.412. The van der Waals surface area contributed by atoms with Crippen LogP contribution in [0.5, 0.6) is 0 Å². The van der Waals surface area contributed by atoms with E-state index in [-0.39, 0.29) is 31.5 Å². The van der Waals surface area contributed by atoms with Gasteiger partial charge in [0, 0.05) is 34.7 Å². The molecule has 1 amide bonds. The number of nitrogens with one attached hydrogen (secondary N) is 1. The maximum absolute atomic E-state index is 12.8. The van der Waals surface area contributed by atoms with Crippen molar-refractivity contribution >= 4 is 38.7 Å². The number of aromatic nitrogens is 1. The van der Waals surface area contributed by atoms with Crippen molar-refractivity contribution in [1.82, 2.24) is 9.88 Å². The summed E-state index contributed by atoms with van der Waals surface area (Å²) < 4.78 is 44.3. The molecule has 26 heavy (non-hydrogen) atoms. The number of H-pyrrole nitrogens is 1. The van der Waals surface area contributed by atoms with Gasteiger partial charge >= 0.3 is 12.1 Å². The Bertz CT molecular complexity index is 834. The molecule has 2 heterocycles. The van der Waals surface area contributed by atoms with Crippen LogP contribution in [0, 0.1) is 5.92 Å². The summed E-state index contributed by atoms with van der Waals surface area (Å²) in [6, 6.07) is 5.33. The molecule has 1 aliphatic heterocycles. The predicted molar refractivity (Wildman–Crippen MR) is 91.6 cm³/mol. The minimum Gasteiger partial charge on any atom is -0.452 e. The monoisotopic (exact) mass is 432 g/mol. The van der Waals surface area contributed by atoms with Crippen LogP contribution in [0.25, 0.3) is 10.9 Å². The molecule has 2 aromatic rings. The highest BCUT2D eigenvalue weighted by atomic mass is 79.9. The quantitative estimate of drug-likeness (QED) is 0.748. The second kappa shape index (κ2) is 7.30. The van der Waals surface area contributed by atoms with E-state index in [1.165, 1.54) is 6.20 Å². The van der Waals surface area contributed by atoms with E-state index in [4.69, 9.17) is 4.74 Å². The maximum atomic E-state index is 12.8. The molecule has 5 nitrogen and oxygen atoms in total. The fourth-order valence-electron chi connectivity index (χ4n) is 3.03. The van der Waals surface area contributed by atoms with Crippen molar-refractivity contribution in [3.05, 3.63) is 34.4 Å². The minimum absolute atomic E-state index is 0.0112. The summed E-state index contributed by atoms with van der Waals surface area (Å²) in [6.07, 6.45) is -2.56. The molecule has 1 aromatic carbocycles. The van der Waals surface area contributed by atoms with Gasteiger partial charge in [0.15, 0.2) is 6.61 Å². The van der Waals surface area contributed by atoms with Crippen LogP contribution in [0.3, 0.4) is 0 Å². The van der Waals surface area contributed by atoms with Gasteiger partial charge in [0.1, 0.15) is 0 Å². The van der Waals surface area contributed by atoms with Gasteiger partial charge in [-0.05, 0) is 31.0 Å². The molecule has 9 heteroatoms. The van der Waals surface area contributed by atoms with Crippen molar-refractivity contribution in [3.63, 3.8) is 0 Å². The molecular weight excluding hydrogens is 417 g/mol. The predicted octanol–water partition coefficient (Wildman–Crippen LogP) is 3.89. The summed E-state index contributed by atoms with van der Waals surface area (Å²) >= 11 is 3.32. The van der Waals surface area contributed by atoms with E-state index in [0.29, 0.717) is 5.39 Å². The zero-order chi connectivity index (χ0) is 18.9. The third-order valence-corrected chi connectivity index (χ3v) is 4.92. The van der Waals surface area contributed by atoms with E-state index in [1.807, 2.05) is 6.07 Å². The molecule has 1 aliphatic rings. The molecule has 1 aromatic heterocycles. The number of fused-ring (bicyclic) bond motifs is 1. The summed E-state index contributed by atoms with van der Waals surface area (Å²) in [7, 11) is 0. The molecule has 140 valence electrons. The molecule has 0 saturated carbocycles. The van der Waals surface area contributed by atoms with Crippen LogP contribution in [0.4, 0.5) is 13.2 Å². The average Bonchev–Trinajstić information content (AvgIpc) is 3.01. The number of hydrogen-bond donors (Lipinski definition) is 1. The van der Waals surface area contributed by atoms with Gasteiger partial charge in [-0.3, -0.25) is 4.79 Å². The summed E-state index contributed by atoms with van der Waals surface area (Å²) in [6.45, 7) is -0.729. The van der Waals surface area contributed by atoms with Gasteiger partial charge in [-0.15, -0.1) is 0 Å². The van der Waals surface area contributed by atoms with E-state index in [0.717, 1.165) is 14.9 Å². The first-order valence-corrected chi connectivity index (χ1v) is 8.83. The topological polar surface area (TPSA) is 62.4 Å².